The van der Waals surface area contributed by atoms with Crippen molar-refractivity contribution in [3.05, 3.63) is 42.0 Å². The average Bonchev–Trinajstić information content (AvgIpc) is 3.58. The molecule has 0 heterocycles. The van der Waals surface area contributed by atoms with E-state index in [4.69, 9.17) is 9.47 Å². The van der Waals surface area contributed by atoms with Crippen LogP contribution >= 0.6 is 0 Å². The van der Waals surface area contributed by atoms with Gasteiger partial charge < -0.3 is 14.6 Å². The molecule has 0 bridgehead atoms. The standard InChI is InChI=1S/C40H58O4/c1-25(2)26(3)9-10-27(4)30-17-19-38(7)35-15-13-31-28(5)33(18-20-39(31)24-40(35,39)22-21-37(30,38)6)44-36(42)16-12-29-11-14-32(41)34(23-29)43-8/h11-12,14,16,23,25,27-28,30-31,33,35,41H,3,9-10,13,15,17-22,24H2,1-2,4-8H3/b16-12+/t27-,28+,30-,31+,33+,35+,37-,38+,39-,40+/m1/s1. The van der Waals surface area contributed by atoms with Crippen LogP contribution in [-0.2, 0) is 9.53 Å². The molecule has 0 amide bonds. The Balaban J connectivity index is 1.12. The zero-order valence-electron chi connectivity index (χ0n) is 28.6. The van der Waals surface area contributed by atoms with Crippen molar-refractivity contribution < 1.29 is 19.4 Å². The summed E-state index contributed by atoms with van der Waals surface area (Å²) < 4.78 is 11.3. The SMILES string of the molecule is C=C(CC[C@@H](C)[C@H]1CC[C@@]2(C)[C@@H]3CC[C@H]4[C@H](C)[C@@H](OC(=O)/C=C/c5ccc(O)c(OC)c5)CC[C@@]45C[C@@]35CC[C@]12C)C(C)C. The van der Waals surface area contributed by atoms with Crippen LogP contribution in [0.3, 0.4) is 0 Å². The van der Waals surface area contributed by atoms with Gasteiger partial charge >= 0.3 is 5.97 Å². The lowest BCUT2D eigenvalue weighted by molar-refractivity contribution is -0.162. The van der Waals surface area contributed by atoms with E-state index in [2.05, 4.69) is 48.1 Å². The summed E-state index contributed by atoms with van der Waals surface area (Å²) in [6.45, 7) is 19.3. The van der Waals surface area contributed by atoms with Crippen LogP contribution in [0.5, 0.6) is 11.5 Å². The number of hydrogen-bond donors (Lipinski definition) is 1. The summed E-state index contributed by atoms with van der Waals surface area (Å²) >= 11 is 0. The maximum absolute atomic E-state index is 12.9. The minimum atomic E-state index is -0.270. The maximum Gasteiger partial charge on any atom is 0.331 e. The lowest BCUT2D eigenvalue weighted by Crippen LogP contribution is -2.56. The molecule has 6 rings (SSSR count). The molecule has 5 saturated carbocycles. The number of benzene rings is 1. The number of carbonyl (C=O) groups excluding carboxylic acids is 1. The van der Waals surface area contributed by atoms with Crippen LogP contribution in [0.2, 0.25) is 0 Å². The zero-order valence-corrected chi connectivity index (χ0v) is 28.6. The molecular formula is C40H58O4. The molecule has 0 saturated heterocycles. The summed E-state index contributed by atoms with van der Waals surface area (Å²) in [7, 11) is 1.52. The van der Waals surface area contributed by atoms with Crippen LogP contribution in [0.4, 0.5) is 0 Å². The number of phenols is 1. The predicted octanol–water partition coefficient (Wildman–Crippen LogP) is 10.0. The van der Waals surface area contributed by atoms with Gasteiger partial charge in [0.1, 0.15) is 6.10 Å². The molecule has 0 aromatic heterocycles. The van der Waals surface area contributed by atoms with Crippen LogP contribution < -0.4 is 4.74 Å². The first-order valence-corrected chi connectivity index (χ1v) is 17.8. The van der Waals surface area contributed by atoms with E-state index in [-0.39, 0.29) is 17.8 Å². The van der Waals surface area contributed by atoms with Crippen LogP contribution in [0.25, 0.3) is 6.08 Å². The Morgan fingerprint density at radius 2 is 1.82 bits per heavy atom. The molecule has 5 aliphatic rings. The Labute approximate surface area is 267 Å². The number of methoxy groups -OCH3 is 1. The largest absolute Gasteiger partial charge is 0.504 e. The van der Waals surface area contributed by atoms with E-state index in [1.54, 1.807) is 24.3 Å². The molecule has 4 heteroatoms. The Morgan fingerprint density at radius 1 is 1.05 bits per heavy atom. The molecule has 1 aromatic carbocycles. The van der Waals surface area contributed by atoms with E-state index in [0.717, 1.165) is 29.7 Å². The summed E-state index contributed by atoms with van der Waals surface area (Å²) in [5.74, 6) is 4.34. The predicted molar refractivity (Wildman–Crippen MR) is 178 cm³/mol. The van der Waals surface area contributed by atoms with E-state index in [0.29, 0.717) is 45.2 Å². The van der Waals surface area contributed by atoms with Crippen molar-refractivity contribution in [2.75, 3.05) is 7.11 Å². The van der Waals surface area contributed by atoms with E-state index < -0.39 is 0 Å². The molecule has 1 aromatic rings. The first kappa shape index (κ1) is 31.7. The lowest BCUT2D eigenvalue weighted by atomic mass is 9.43. The molecule has 1 N–H and O–H groups in total. The van der Waals surface area contributed by atoms with Crippen LogP contribution in [-0.4, -0.2) is 24.3 Å². The highest BCUT2D eigenvalue weighted by atomic mass is 16.5. The highest BCUT2D eigenvalue weighted by molar-refractivity contribution is 5.87. The van der Waals surface area contributed by atoms with Crippen molar-refractivity contribution in [3.63, 3.8) is 0 Å². The van der Waals surface area contributed by atoms with Crippen molar-refractivity contribution in [2.24, 2.45) is 57.2 Å². The van der Waals surface area contributed by atoms with E-state index >= 15 is 0 Å². The fourth-order valence-electron chi connectivity index (χ4n) is 12.2. The summed E-state index contributed by atoms with van der Waals surface area (Å²) in [5, 5.41) is 9.86. The molecule has 2 spiro atoms. The Bertz CT molecular complexity index is 1310. The van der Waals surface area contributed by atoms with Gasteiger partial charge in [0.15, 0.2) is 11.5 Å². The topological polar surface area (TPSA) is 55.8 Å². The van der Waals surface area contributed by atoms with Crippen molar-refractivity contribution >= 4 is 12.0 Å². The second-order valence-electron chi connectivity index (χ2n) is 16.7. The lowest BCUT2D eigenvalue weighted by Gasteiger charge is -2.62. The number of carbonyl (C=O) groups is 1. The second-order valence-corrected chi connectivity index (χ2v) is 16.7. The van der Waals surface area contributed by atoms with Gasteiger partial charge in [-0.25, -0.2) is 4.79 Å². The zero-order chi connectivity index (χ0) is 31.7. The minimum absolute atomic E-state index is 0.00641. The molecule has 242 valence electrons. The van der Waals surface area contributed by atoms with Gasteiger partial charge in [-0.3, -0.25) is 0 Å². The third-order valence-electron chi connectivity index (χ3n) is 15.0. The molecule has 0 radical (unpaired) electrons. The highest BCUT2D eigenvalue weighted by Crippen LogP contribution is 2.88. The van der Waals surface area contributed by atoms with Crippen LogP contribution in [0.15, 0.2) is 36.4 Å². The molecule has 5 aliphatic carbocycles. The van der Waals surface area contributed by atoms with Gasteiger partial charge in [0.05, 0.1) is 7.11 Å². The number of fused-ring (bicyclic) bond motifs is 2. The highest BCUT2D eigenvalue weighted by Gasteiger charge is 2.81. The minimum Gasteiger partial charge on any atom is -0.504 e. The number of aromatic hydroxyl groups is 1. The number of hydrogen-bond acceptors (Lipinski definition) is 4. The van der Waals surface area contributed by atoms with Crippen molar-refractivity contribution in [3.8, 4) is 11.5 Å². The smallest absolute Gasteiger partial charge is 0.331 e. The van der Waals surface area contributed by atoms with Gasteiger partial charge in [-0.2, -0.15) is 0 Å². The molecule has 0 unspecified atom stereocenters. The number of esters is 1. The fraction of sp³-hybridized carbons (Fsp3) is 0.725. The van der Waals surface area contributed by atoms with Crippen molar-refractivity contribution in [1.29, 1.82) is 0 Å². The molecule has 44 heavy (non-hydrogen) atoms. The fourth-order valence-corrected chi connectivity index (χ4v) is 12.2. The van der Waals surface area contributed by atoms with Gasteiger partial charge in [-0.05, 0) is 152 Å². The van der Waals surface area contributed by atoms with Gasteiger partial charge in [0.2, 0.25) is 0 Å². The van der Waals surface area contributed by atoms with E-state index in [1.165, 1.54) is 83.0 Å². The number of allylic oxidation sites excluding steroid dienone is 1. The van der Waals surface area contributed by atoms with E-state index in [1.807, 2.05) is 0 Å². The van der Waals surface area contributed by atoms with Gasteiger partial charge in [-0.15, -0.1) is 0 Å². The normalized spacial score (nSPS) is 41.3. The monoisotopic (exact) mass is 602 g/mol. The van der Waals surface area contributed by atoms with Crippen LogP contribution in [0, 0.1) is 57.2 Å². The Morgan fingerprint density at radius 3 is 2.55 bits per heavy atom. The third-order valence-corrected chi connectivity index (χ3v) is 15.0. The maximum atomic E-state index is 12.9. The molecular weight excluding hydrogens is 544 g/mol. The van der Waals surface area contributed by atoms with E-state index in [9.17, 15) is 9.90 Å². The quantitative estimate of drug-likeness (QED) is 0.174. The molecule has 4 nitrogen and oxygen atoms in total. The third kappa shape index (κ3) is 4.70. The van der Waals surface area contributed by atoms with Crippen molar-refractivity contribution in [2.45, 2.75) is 118 Å². The van der Waals surface area contributed by atoms with Gasteiger partial charge in [0, 0.05) is 6.08 Å². The van der Waals surface area contributed by atoms with Gasteiger partial charge in [0.25, 0.3) is 0 Å². The number of rotatable bonds is 9. The first-order valence-electron chi connectivity index (χ1n) is 17.8. The summed E-state index contributed by atoms with van der Waals surface area (Å²) in [6.07, 6.45) is 17.7. The van der Waals surface area contributed by atoms with Gasteiger partial charge in [-0.1, -0.05) is 59.8 Å². The number of ether oxygens (including phenoxy) is 2. The first-order chi connectivity index (χ1) is 20.8. The molecule has 5 fully saturated rings. The molecule has 0 aliphatic heterocycles. The Kier molecular flexibility index (Phi) is 8.10. The Hall–Kier alpha value is -2.23. The van der Waals surface area contributed by atoms with Crippen molar-refractivity contribution in [1.82, 2.24) is 0 Å². The summed E-state index contributed by atoms with van der Waals surface area (Å²) in [5.41, 5.74) is 4.11. The average molecular weight is 603 g/mol. The summed E-state index contributed by atoms with van der Waals surface area (Å²) in [6, 6.07) is 5.08. The second kappa shape index (κ2) is 11.2. The molecule has 10 atom stereocenters. The van der Waals surface area contributed by atoms with Crippen LogP contribution in [0.1, 0.15) is 118 Å². The number of phenolic OH excluding ortho intramolecular Hbond substituents is 1. The summed E-state index contributed by atoms with van der Waals surface area (Å²) in [4.78, 5) is 12.9.